The maximum Gasteiger partial charge on any atom is 0.172 e. The fourth-order valence-corrected chi connectivity index (χ4v) is 2.71. The molecule has 5 heteroatoms. The number of hydrogen-bond donors (Lipinski definition) is 0. The average molecular weight is 327 g/mol. The van der Waals surface area contributed by atoms with Crippen molar-refractivity contribution >= 4 is 27.7 Å². The molecule has 0 bridgehead atoms. The molecule has 0 spiro atoms. The van der Waals surface area contributed by atoms with Crippen molar-refractivity contribution in [3.63, 3.8) is 0 Å². The van der Waals surface area contributed by atoms with E-state index in [9.17, 15) is 0 Å². The molecular weight excluding hydrogens is 312 g/mol. The van der Waals surface area contributed by atoms with Gasteiger partial charge in [0.1, 0.15) is 0 Å². The molecule has 1 heterocycles. The van der Waals surface area contributed by atoms with Crippen LogP contribution in [0.4, 0.5) is 0 Å². The standard InChI is InChI=1S/C13H15BrN2OS/c1-17-9-2-10-18-13-15-7-8-16(13)12-5-3-11(14)4-6-12/h3-8H,2,9-10H2,1H3. The number of nitrogens with zero attached hydrogens (tertiary/aromatic N) is 2. The SMILES string of the molecule is COCCCSc1nccn1-c1ccc(Br)cc1. The van der Waals surface area contributed by atoms with Crippen LogP contribution in [0.15, 0.2) is 46.3 Å². The van der Waals surface area contributed by atoms with Gasteiger partial charge in [0.25, 0.3) is 0 Å². The molecule has 0 saturated carbocycles. The molecular formula is C13H15BrN2OS. The van der Waals surface area contributed by atoms with Gasteiger partial charge in [-0.3, -0.25) is 4.57 Å². The molecule has 1 aromatic heterocycles. The van der Waals surface area contributed by atoms with E-state index in [1.54, 1.807) is 18.9 Å². The maximum atomic E-state index is 5.04. The number of halogens is 1. The lowest BCUT2D eigenvalue weighted by atomic mass is 10.3. The van der Waals surface area contributed by atoms with Crippen molar-refractivity contribution in [1.29, 1.82) is 0 Å². The average Bonchev–Trinajstić information content (AvgIpc) is 2.84. The second kappa shape index (κ2) is 6.97. The maximum absolute atomic E-state index is 5.04. The van der Waals surface area contributed by atoms with Crippen LogP contribution >= 0.6 is 27.7 Å². The van der Waals surface area contributed by atoms with E-state index in [0.717, 1.165) is 34.1 Å². The Morgan fingerprint density at radius 3 is 2.83 bits per heavy atom. The Hall–Kier alpha value is -0.780. The third-order valence-corrected chi connectivity index (χ3v) is 4.02. The third kappa shape index (κ3) is 3.60. The molecule has 0 aliphatic rings. The number of benzene rings is 1. The van der Waals surface area contributed by atoms with Gasteiger partial charge in [-0.15, -0.1) is 0 Å². The zero-order chi connectivity index (χ0) is 12.8. The van der Waals surface area contributed by atoms with Crippen LogP contribution < -0.4 is 0 Å². The first kappa shape index (κ1) is 13.6. The summed E-state index contributed by atoms with van der Waals surface area (Å²) in [7, 11) is 1.73. The Morgan fingerprint density at radius 1 is 1.33 bits per heavy atom. The molecule has 96 valence electrons. The van der Waals surface area contributed by atoms with E-state index < -0.39 is 0 Å². The number of ether oxygens (including phenoxy) is 1. The van der Waals surface area contributed by atoms with Gasteiger partial charge in [0.2, 0.25) is 0 Å². The van der Waals surface area contributed by atoms with E-state index in [0.29, 0.717) is 0 Å². The van der Waals surface area contributed by atoms with Crippen molar-refractivity contribution in [1.82, 2.24) is 9.55 Å². The lowest BCUT2D eigenvalue weighted by Crippen LogP contribution is -1.96. The fourth-order valence-electron chi connectivity index (χ4n) is 1.56. The highest BCUT2D eigenvalue weighted by Gasteiger charge is 2.05. The fraction of sp³-hybridized carbons (Fsp3) is 0.308. The summed E-state index contributed by atoms with van der Waals surface area (Å²) in [6.07, 6.45) is 4.86. The highest BCUT2D eigenvalue weighted by atomic mass is 79.9. The molecule has 18 heavy (non-hydrogen) atoms. The Balaban J connectivity index is 2.05. The van der Waals surface area contributed by atoms with Gasteiger partial charge >= 0.3 is 0 Å². The molecule has 0 fully saturated rings. The highest BCUT2D eigenvalue weighted by molar-refractivity contribution is 9.10. The number of imidazole rings is 1. The predicted molar refractivity (Wildman–Crippen MR) is 78.5 cm³/mol. The molecule has 0 aliphatic carbocycles. The quantitative estimate of drug-likeness (QED) is 0.597. The molecule has 2 aromatic rings. The number of methoxy groups -OCH3 is 1. The smallest absolute Gasteiger partial charge is 0.172 e. The van der Waals surface area contributed by atoms with Crippen LogP contribution in [0.5, 0.6) is 0 Å². The summed E-state index contributed by atoms with van der Waals surface area (Å²) in [6.45, 7) is 0.798. The summed E-state index contributed by atoms with van der Waals surface area (Å²) in [4.78, 5) is 4.39. The first-order valence-electron chi connectivity index (χ1n) is 5.72. The molecule has 0 radical (unpaired) electrons. The van der Waals surface area contributed by atoms with Crippen LogP contribution in [0.1, 0.15) is 6.42 Å². The highest BCUT2D eigenvalue weighted by Crippen LogP contribution is 2.22. The summed E-state index contributed by atoms with van der Waals surface area (Å²) < 4.78 is 8.23. The number of rotatable bonds is 6. The van der Waals surface area contributed by atoms with E-state index in [1.807, 2.05) is 24.5 Å². The zero-order valence-electron chi connectivity index (χ0n) is 10.2. The molecule has 3 nitrogen and oxygen atoms in total. The van der Waals surface area contributed by atoms with Crippen molar-refractivity contribution in [3.05, 3.63) is 41.1 Å². The summed E-state index contributed by atoms with van der Waals surface area (Å²) in [6, 6.07) is 8.22. The van der Waals surface area contributed by atoms with E-state index in [2.05, 4.69) is 37.6 Å². The summed E-state index contributed by atoms with van der Waals surface area (Å²) in [5.74, 6) is 1.02. The van der Waals surface area contributed by atoms with Crippen LogP contribution in [0, 0.1) is 0 Å². The molecule has 0 atom stereocenters. The Kier molecular flexibility index (Phi) is 5.28. The lowest BCUT2D eigenvalue weighted by Gasteiger charge is -2.07. The van der Waals surface area contributed by atoms with Gasteiger partial charge in [-0.2, -0.15) is 0 Å². The number of thioether (sulfide) groups is 1. The van der Waals surface area contributed by atoms with Gasteiger partial charge in [-0.1, -0.05) is 27.7 Å². The van der Waals surface area contributed by atoms with Gasteiger partial charge in [0.05, 0.1) is 0 Å². The summed E-state index contributed by atoms with van der Waals surface area (Å²) in [5.41, 5.74) is 1.13. The lowest BCUT2D eigenvalue weighted by molar-refractivity contribution is 0.200. The van der Waals surface area contributed by atoms with Crippen molar-refractivity contribution in [2.75, 3.05) is 19.5 Å². The van der Waals surface area contributed by atoms with Crippen molar-refractivity contribution in [3.8, 4) is 5.69 Å². The van der Waals surface area contributed by atoms with E-state index in [4.69, 9.17) is 4.74 Å². The number of hydrogen-bond acceptors (Lipinski definition) is 3. The van der Waals surface area contributed by atoms with E-state index >= 15 is 0 Å². The molecule has 0 aliphatic heterocycles. The van der Waals surface area contributed by atoms with Crippen molar-refractivity contribution in [2.24, 2.45) is 0 Å². The number of aromatic nitrogens is 2. The first-order chi connectivity index (χ1) is 8.81. The van der Waals surface area contributed by atoms with E-state index in [1.165, 1.54) is 0 Å². The zero-order valence-corrected chi connectivity index (χ0v) is 12.6. The van der Waals surface area contributed by atoms with Gasteiger partial charge < -0.3 is 4.74 Å². The van der Waals surface area contributed by atoms with Crippen molar-refractivity contribution in [2.45, 2.75) is 11.6 Å². The largest absolute Gasteiger partial charge is 0.385 e. The molecule has 0 unspecified atom stereocenters. The van der Waals surface area contributed by atoms with Crippen LogP contribution in [0.3, 0.4) is 0 Å². The Bertz CT molecular complexity index is 484. The van der Waals surface area contributed by atoms with Crippen LogP contribution in [-0.2, 0) is 4.74 Å². The monoisotopic (exact) mass is 326 g/mol. The Labute approximate surface area is 120 Å². The van der Waals surface area contributed by atoms with Crippen LogP contribution in [-0.4, -0.2) is 29.0 Å². The predicted octanol–water partition coefficient (Wildman–Crippen LogP) is 3.76. The van der Waals surface area contributed by atoms with E-state index in [-0.39, 0.29) is 0 Å². The Morgan fingerprint density at radius 2 is 2.11 bits per heavy atom. The normalized spacial score (nSPS) is 10.8. The topological polar surface area (TPSA) is 27.1 Å². The second-order valence-electron chi connectivity index (χ2n) is 3.75. The minimum atomic E-state index is 0.798. The molecule has 0 saturated heterocycles. The molecule has 2 rings (SSSR count). The third-order valence-electron chi connectivity index (χ3n) is 2.44. The minimum absolute atomic E-state index is 0.798. The molecule has 0 amide bonds. The second-order valence-corrected chi connectivity index (χ2v) is 5.73. The van der Waals surface area contributed by atoms with Gasteiger partial charge in [-0.25, -0.2) is 4.98 Å². The van der Waals surface area contributed by atoms with Gasteiger partial charge in [0.15, 0.2) is 5.16 Å². The summed E-state index contributed by atoms with van der Waals surface area (Å²) in [5, 5.41) is 1.02. The van der Waals surface area contributed by atoms with Gasteiger partial charge in [0, 0.05) is 42.0 Å². The van der Waals surface area contributed by atoms with Crippen molar-refractivity contribution < 1.29 is 4.74 Å². The minimum Gasteiger partial charge on any atom is -0.385 e. The van der Waals surface area contributed by atoms with Crippen LogP contribution in [0.25, 0.3) is 5.69 Å². The molecule has 1 aromatic carbocycles. The van der Waals surface area contributed by atoms with Crippen LogP contribution in [0.2, 0.25) is 0 Å². The molecule has 0 N–H and O–H groups in total. The van der Waals surface area contributed by atoms with Gasteiger partial charge in [-0.05, 0) is 30.7 Å². The first-order valence-corrected chi connectivity index (χ1v) is 7.50. The summed E-state index contributed by atoms with van der Waals surface area (Å²) >= 11 is 5.20.